The maximum absolute atomic E-state index is 5.83. The van der Waals surface area contributed by atoms with Crippen LogP contribution in [0.25, 0.3) is 0 Å². The van der Waals surface area contributed by atoms with Gasteiger partial charge in [-0.3, -0.25) is 0 Å². The third-order valence-electron chi connectivity index (χ3n) is 2.58. The molecule has 0 fully saturated rings. The van der Waals surface area contributed by atoms with Crippen LogP contribution < -0.4 is 5.73 Å². The maximum Gasteiger partial charge on any atom is 0.00517 e. The zero-order valence-electron chi connectivity index (χ0n) is 8.60. The van der Waals surface area contributed by atoms with Crippen molar-refractivity contribution in [1.29, 1.82) is 0 Å². The molecule has 0 saturated heterocycles. The zero-order valence-corrected chi connectivity index (χ0v) is 9.41. The Hall–Kier alpha value is -1.12. The van der Waals surface area contributed by atoms with Crippen LogP contribution in [0.3, 0.4) is 0 Å². The predicted octanol–water partition coefficient (Wildman–Crippen LogP) is 3.03. The third kappa shape index (κ3) is 2.67. The lowest BCUT2D eigenvalue weighted by molar-refractivity contribution is 0.701. The number of hydrogen-bond acceptors (Lipinski definition) is 2. The molecule has 2 rings (SSSR count). The van der Waals surface area contributed by atoms with Crippen molar-refractivity contribution in [3.05, 3.63) is 58.3 Å². The Bertz CT molecular complexity index is 380. The van der Waals surface area contributed by atoms with Crippen LogP contribution in [0.1, 0.15) is 16.4 Å². The standard InChI is InChI=1S/C13H15NS/c14-10-12(9-13-7-4-8-15-13)11-5-2-1-3-6-11/h1-8,12H,9-10,14H2. The van der Waals surface area contributed by atoms with Crippen molar-refractivity contribution < 1.29 is 0 Å². The van der Waals surface area contributed by atoms with Crippen molar-refractivity contribution in [3.8, 4) is 0 Å². The molecule has 2 heteroatoms. The van der Waals surface area contributed by atoms with Crippen molar-refractivity contribution in [3.63, 3.8) is 0 Å². The molecule has 0 radical (unpaired) electrons. The van der Waals surface area contributed by atoms with Crippen LogP contribution in [0, 0.1) is 0 Å². The fourth-order valence-corrected chi connectivity index (χ4v) is 2.52. The minimum atomic E-state index is 0.449. The van der Waals surface area contributed by atoms with Crippen molar-refractivity contribution in [2.45, 2.75) is 12.3 Å². The summed E-state index contributed by atoms with van der Waals surface area (Å²) in [5, 5.41) is 2.12. The van der Waals surface area contributed by atoms with Crippen molar-refractivity contribution in [2.75, 3.05) is 6.54 Å². The number of nitrogens with two attached hydrogens (primary N) is 1. The second-order valence-corrected chi connectivity index (χ2v) is 4.66. The molecule has 1 nitrogen and oxygen atoms in total. The first-order valence-corrected chi connectivity index (χ1v) is 6.05. The monoisotopic (exact) mass is 217 g/mol. The summed E-state index contributed by atoms with van der Waals surface area (Å²) in [5.41, 5.74) is 7.17. The van der Waals surface area contributed by atoms with E-state index in [1.165, 1.54) is 10.4 Å². The summed E-state index contributed by atoms with van der Waals surface area (Å²) in [7, 11) is 0. The third-order valence-corrected chi connectivity index (χ3v) is 3.48. The number of benzene rings is 1. The summed E-state index contributed by atoms with van der Waals surface area (Å²) in [4.78, 5) is 1.41. The van der Waals surface area contributed by atoms with E-state index in [0.29, 0.717) is 12.5 Å². The van der Waals surface area contributed by atoms with Crippen molar-refractivity contribution >= 4 is 11.3 Å². The quantitative estimate of drug-likeness (QED) is 0.837. The van der Waals surface area contributed by atoms with Crippen LogP contribution >= 0.6 is 11.3 Å². The van der Waals surface area contributed by atoms with Gasteiger partial charge in [-0.2, -0.15) is 0 Å². The summed E-state index contributed by atoms with van der Waals surface area (Å²) in [5.74, 6) is 0.449. The molecule has 15 heavy (non-hydrogen) atoms. The average molecular weight is 217 g/mol. The number of hydrogen-bond donors (Lipinski definition) is 1. The van der Waals surface area contributed by atoms with Gasteiger partial charge in [-0.1, -0.05) is 36.4 Å². The number of thiophene rings is 1. The summed E-state index contributed by atoms with van der Waals surface area (Å²) in [6, 6.07) is 14.8. The van der Waals surface area contributed by atoms with Gasteiger partial charge < -0.3 is 5.73 Å². The van der Waals surface area contributed by atoms with E-state index < -0.39 is 0 Å². The molecule has 1 aromatic carbocycles. The first kappa shape index (κ1) is 10.4. The van der Waals surface area contributed by atoms with Gasteiger partial charge in [-0.15, -0.1) is 11.3 Å². The van der Waals surface area contributed by atoms with Crippen LogP contribution in [0.15, 0.2) is 47.8 Å². The van der Waals surface area contributed by atoms with Gasteiger partial charge in [0, 0.05) is 10.8 Å². The fraction of sp³-hybridized carbons (Fsp3) is 0.231. The highest BCUT2D eigenvalue weighted by molar-refractivity contribution is 7.09. The normalized spacial score (nSPS) is 12.6. The lowest BCUT2D eigenvalue weighted by Crippen LogP contribution is -2.14. The van der Waals surface area contributed by atoms with E-state index in [4.69, 9.17) is 5.73 Å². The van der Waals surface area contributed by atoms with Crippen LogP contribution in [-0.4, -0.2) is 6.54 Å². The van der Waals surface area contributed by atoms with E-state index in [1.54, 1.807) is 11.3 Å². The minimum absolute atomic E-state index is 0.449. The molecule has 1 unspecified atom stereocenters. The topological polar surface area (TPSA) is 26.0 Å². The Morgan fingerprint density at radius 1 is 1.07 bits per heavy atom. The van der Waals surface area contributed by atoms with E-state index in [9.17, 15) is 0 Å². The molecule has 0 bridgehead atoms. The van der Waals surface area contributed by atoms with Gasteiger partial charge in [0.05, 0.1) is 0 Å². The van der Waals surface area contributed by atoms with Gasteiger partial charge in [0.1, 0.15) is 0 Å². The highest BCUT2D eigenvalue weighted by Crippen LogP contribution is 2.22. The SMILES string of the molecule is NCC(Cc1cccs1)c1ccccc1. The highest BCUT2D eigenvalue weighted by atomic mass is 32.1. The summed E-state index contributed by atoms with van der Waals surface area (Å²) in [6.07, 6.45) is 1.05. The molecule has 0 saturated carbocycles. The van der Waals surface area contributed by atoms with E-state index in [-0.39, 0.29) is 0 Å². The van der Waals surface area contributed by atoms with E-state index in [0.717, 1.165) is 6.42 Å². The first-order chi connectivity index (χ1) is 7.40. The molecule has 1 heterocycles. The van der Waals surface area contributed by atoms with Crippen molar-refractivity contribution in [1.82, 2.24) is 0 Å². The molecule has 0 spiro atoms. The fourth-order valence-electron chi connectivity index (χ4n) is 1.73. The molecular formula is C13H15NS. The Morgan fingerprint density at radius 3 is 2.47 bits per heavy atom. The van der Waals surface area contributed by atoms with Gasteiger partial charge >= 0.3 is 0 Å². The van der Waals surface area contributed by atoms with Crippen LogP contribution in [-0.2, 0) is 6.42 Å². The Kier molecular flexibility index (Phi) is 3.54. The van der Waals surface area contributed by atoms with Crippen LogP contribution in [0.5, 0.6) is 0 Å². The Labute approximate surface area is 94.6 Å². The largest absolute Gasteiger partial charge is 0.330 e. The predicted molar refractivity (Wildman–Crippen MR) is 66.3 cm³/mol. The van der Waals surface area contributed by atoms with Gasteiger partial charge in [0.2, 0.25) is 0 Å². The van der Waals surface area contributed by atoms with E-state index >= 15 is 0 Å². The second-order valence-electron chi connectivity index (χ2n) is 3.63. The van der Waals surface area contributed by atoms with Gasteiger partial charge in [0.25, 0.3) is 0 Å². The molecule has 78 valence electrons. The Balaban J connectivity index is 2.12. The van der Waals surface area contributed by atoms with Gasteiger partial charge in [0.15, 0.2) is 0 Å². The molecule has 0 aliphatic carbocycles. The zero-order chi connectivity index (χ0) is 10.5. The lowest BCUT2D eigenvalue weighted by Gasteiger charge is -2.13. The summed E-state index contributed by atoms with van der Waals surface area (Å²) >= 11 is 1.81. The van der Waals surface area contributed by atoms with Gasteiger partial charge in [-0.05, 0) is 30.0 Å². The minimum Gasteiger partial charge on any atom is -0.330 e. The maximum atomic E-state index is 5.83. The summed E-state index contributed by atoms with van der Waals surface area (Å²) in [6.45, 7) is 0.710. The Morgan fingerprint density at radius 2 is 1.87 bits per heavy atom. The molecule has 1 aromatic heterocycles. The summed E-state index contributed by atoms with van der Waals surface area (Å²) < 4.78 is 0. The second kappa shape index (κ2) is 5.10. The average Bonchev–Trinajstić information content (AvgIpc) is 2.80. The molecule has 1 atom stereocenters. The molecule has 2 N–H and O–H groups in total. The molecule has 2 aromatic rings. The molecule has 0 aliphatic rings. The molecule has 0 amide bonds. The van der Waals surface area contributed by atoms with Crippen molar-refractivity contribution in [2.24, 2.45) is 5.73 Å². The highest BCUT2D eigenvalue weighted by Gasteiger charge is 2.10. The molecular weight excluding hydrogens is 202 g/mol. The smallest absolute Gasteiger partial charge is 0.00517 e. The lowest BCUT2D eigenvalue weighted by atomic mass is 9.95. The van der Waals surface area contributed by atoms with Crippen LogP contribution in [0.2, 0.25) is 0 Å². The molecule has 0 aliphatic heterocycles. The first-order valence-electron chi connectivity index (χ1n) is 5.17. The number of rotatable bonds is 4. The van der Waals surface area contributed by atoms with Crippen LogP contribution in [0.4, 0.5) is 0 Å². The van der Waals surface area contributed by atoms with Gasteiger partial charge in [-0.25, -0.2) is 0 Å². The van der Waals surface area contributed by atoms with E-state index in [2.05, 4.69) is 41.8 Å². The van der Waals surface area contributed by atoms with E-state index in [1.807, 2.05) is 6.07 Å².